The number of nitrogens with one attached hydrogen (secondary N) is 1. The minimum atomic E-state index is -2.84. The van der Waals surface area contributed by atoms with Gasteiger partial charge in [-0.1, -0.05) is 13.8 Å². The third kappa shape index (κ3) is 4.43. The van der Waals surface area contributed by atoms with Gasteiger partial charge in [0.1, 0.15) is 9.84 Å². The number of sulfone groups is 1. The Balaban J connectivity index is 2.62. The molecule has 120 valence electrons. The fraction of sp³-hybridized carbons (Fsp3) is 1.00. The van der Waals surface area contributed by atoms with Crippen LogP contribution in [0.25, 0.3) is 0 Å². The van der Waals surface area contributed by atoms with Gasteiger partial charge < -0.3 is 5.32 Å². The zero-order valence-electron chi connectivity index (χ0n) is 13.6. The first-order valence-corrected chi connectivity index (χ1v) is 9.84. The molecule has 1 heterocycles. The molecule has 0 aromatic carbocycles. The highest BCUT2D eigenvalue weighted by atomic mass is 32.2. The summed E-state index contributed by atoms with van der Waals surface area (Å²) in [7, 11) is -0.833. The second-order valence-corrected chi connectivity index (χ2v) is 8.60. The first-order chi connectivity index (χ1) is 9.39. The first kappa shape index (κ1) is 17.9. The second kappa shape index (κ2) is 7.76. The average Bonchev–Trinajstić information content (AvgIpc) is 2.97. The molecule has 1 rings (SSSR count). The molecular formula is C15H32N2O2S. The van der Waals surface area contributed by atoms with Crippen LogP contribution in [-0.4, -0.2) is 56.5 Å². The average molecular weight is 305 g/mol. The standard InChI is InChI=1S/C15H32N2O2S/c1-5-15(3,17-11-7-8-12-17)14(16-4)10-9-13-20(18,19)6-2/h14,16H,5-13H2,1-4H3. The summed E-state index contributed by atoms with van der Waals surface area (Å²) in [5.41, 5.74) is 0.140. The van der Waals surface area contributed by atoms with Gasteiger partial charge in [0, 0.05) is 17.3 Å². The van der Waals surface area contributed by atoms with Gasteiger partial charge in [0.2, 0.25) is 0 Å². The normalized spacial score (nSPS) is 21.8. The minimum Gasteiger partial charge on any atom is -0.315 e. The molecule has 2 atom stereocenters. The number of nitrogens with zero attached hydrogens (tertiary/aromatic N) is 1. The van der Waals surface area contributed by atoms with Crippen molar-refractivity contribution in [2.24, 2.45) is 0 Å². The SMILES string of the molecule is CCC(C)(C(CCCS(=O)(=O)CC)NC)N1CCCC1. The monoisotopic (exact) mass is 304 g/mol. The van der Waals surface area contributed by atoms with Crippen molar-refractivity contribution in [1.29, 1.82) is 0 Å². The molecule has 0 spiro atoms. The van der Waals surface area contributed by atoms with E-state index in [0.717, 1.165) is 19.3 Å². The molecule has 0 bridgehead atoms. The summed E-state index contributed by atoms with van der Waals surface area (Å²) in [6.07, 6.45) is 5.35. The van der Waals surface area contributed by atoms with Crippen LogP contribution in [0.2, 0.25) is 0 Å². The summed E-state index contributed by atoms with van der Waals surface area (Å²) in [6, 6.07) is 0.359. The number of likely N-dealkylation sites (N-methyl/N-ethyl adjacent to an activating group) is 1. The van der Waals surface area contributed by atoms with Gasteiger partial charge in [-0.3, -0.25) is 4.90 Å². The van der Waals surface area contributed by atoms with Crippen LogP contribution < -0.4 is 5.32 Å². The van der Waals surface area contributed by atoms with Crippen LogP contribution in [0, 0.1) is 0 Å². The van der Waals surface area contributed by atoms with E-state index < -0.39 is 9.84 Å². The summed E-state index contributed by atoms with van der Waals surface area (Å²) in [6.45, 7) is 8.65. The molecule has 5 heteroatoms. The quantitative estimate of drug-likeness (QED) is 0.708. The minimum absolute atomic E-state index is 0.140. The summed E-state index contributed by atoms with van der Waals surface area (Å²) < 4.78 is 23.2. The Morgan fingerprint density at radius 1 is 1.25 bits per heavy atom. The summed E-state index contributed by atoms with van der Waals surface area (Å²) in [5, 5.41) is 3.44. The summed E-state index contributed by atoms with van der Waals surface area (Å²) in [4.78, 5) is 2.59. The van der Waals surface area contributed by atoms with E-state index in [-0.39, 0.29) is 11.3 Å². The third-order valence-corrected chi connectivity index (χ3v) is 6.82. The molecule has 1 fully saturated rings. The Hall–Kier alpha value is -0.130. The highest BCUT2D eigenvalue weighted by Crippen LogP contribution is 2.30. The van der Waals surface area contributed by atoms with E-state index in [1.807, 2.05) is 7.05 Å². The first-order valence-electron chi connectivity index (χ1n) is 8.02. The van der Waals surface area contributed by atoms with Gasteiger partial charge >= 0.3 is 0 Å². The molecule has 2 unspecified atom stereocenters. The van der Waals surface area contributed by atoms with Crippen molar-refractivity contribution in [2.75, 3.05) is 31.6 Å². The van der Waals surface area contributed by atoms with E-state index in [0.29, 0.717) is 11.8 Å². The molecule has 1 aliphatic heterocycles. The van der Waals surface area contributed by atoms with Gasteiger partial charge in [-0.15, -0.1) is 0 Å². The van der Waals surface area contributed by atoms with Crippen molar-refractivity contribution < 1.29 is 8.42 Å². The lowest BCUT2D eigenvalue weighted by Gasteiger charge is -2.44. The third-order valence-electron chi connectivity index (χ3n) is 5.03. The van der Waals surface area contributed by atoms with Crippen molar-refractivity contribution in [3.63, 3.8) is 0 Å². The Labute approximate surface area is 125 Å². The molecule has 0 saturated carbocycles. The molecule has 0 aliphatic carbocycles. The molecule has 1 aliphatic rings. The van der Waals surface area contributed by atoms with Crippen LogP contribution in [0.3, 0.4) is 0 Å². The van der Waals surface area contributed by atoms with Gasteiger partial charge in [0.15, 0.2) is 0 Å². The molecule has 0 aromatic heterocycles. The fourth-order valence-corrected chi connectivity index (χ4v) is 4.23. The Bertz CT molecular complexity index is 377. The van der Waals surface area contributed by atoms with Crippen molar-refractivity contribution in [3.8, 4) is 0 Å². The maximum atomic E-state index is 11.6. The molecule has 1 saturated heterocycles. The number of hydrogen-bond donors (Lipinski definition) is 1. The number of likely N-dealkylation sites (tertiary alicyclic amines) is 1. The van der Waals surface area contributed by atoms with Crippen molar-refractivity contribution in [1.82, 2.24) is 10.2 Å². The predicted molar refractivity (Wildman–Crippen MR) is 85.9 cm³/mol. The lowest BCUT2D eigenvalue weighted by atomic mass is 9.85. The Morgan fingerprint density at radius 3 is 2.30 bits per heavy atom. The highest BCUT2D eigenvalue weighted by Gasteiger charge is 2.38. The molecule has 0 aromatic rings. The van der Waals surface area contributed by atoms with E-state index in [4.69, 9.17) is 0 Å². The smallest absolute Gasteiger partial charge is 0.150 e. The van der Waals surface area contributed by atoms with E-state index in [1.165, 1.54) is 25.9 Å². The van der Waals surface area contributed by atoms with Crippen LogP contribution in [0.4, 0.5) is 0 Å². The number of hydrogen-bond acceptors (Lipinski definition) is 4. The molecule has 0 radical (unpaired) electrons. The van der Waals surface area contributed by atoms with E-state index in [1.54, 1.807) is 6.92 Å². The van der Waals surface area contributed by atoms with Crippen LogP contribution >= 0.6 is 0 Å². The van der Waals surface area contributed by atoms with E-state index in [2.05, 4.69) is 24.1 Å². The Kier molecular flexibility index (Phi) is 6.95. The molecule has 4 nitrogen and oxygen atoms in total. The van der Waals surface area contributed by atoms with Gasteiger partial charge in [-0.05, 0) is 59.2 Å². The van der Waals surface area contributed by atoms with Crippen LogP contribution in [0.1, 0.15) is 52.9 Å². The van der Waals surface area contributed by atoms with E-state index >= 15 is 0 Å². The zero-order chi connectivity index (χ0) is 15.2. The fourth-order valence-electron chi connectivity index (χ4n) is 3.34. The predicted octanol–water partition coefficient (Wildman–Crippen LogP) is 2.05. The largest absolute Gasteiger partial charge is 0.315 e. The number of rotatable bonds is 9. The summed E-state index contributed by atoms with van der Waals surface area (Å²) >= 11 is 0. The Morgan fingerprint density at radius 2 is 1.85 bits per heavy atom. The van der Waals surface area contributed by atoms with Gasteiger partial charge in [-0.2, -0.15) is 0 Å². The van der Waals surface area contributed by atoms with Crippen molar-refractivity contribution in [2.45, 2.75) is 64.5 Å². The molecule has 1 N–H and O–H groups in total. The lowest BCUT2D eigenvalue weighted by molar-refractivity contribution is 0.0834. The molecular weight excluding hydrogens is 272 g/mol. The van der Waals surface area contributed by atoms with Crippen LogP contribution in [0.15, 0.2) is 0 Å². The topological polar surface area (TPSA) is 49.4 Å². The van der Waals surface area contributed by atoms with Gasteiger partial charge in [-0.25, -0.2) is 8.42 Å². The maximum Gasteiger partial charge on any atom is 0.150 e. The lowest BCUT2D eigenvalue weighted by Crippen LogP contribution is -2.57. The van der Waals surface area contributed by atoms with Gasteiger partial charge in [0.25, 0.3) is 0 Å². The zero-order valence-corrected chi connectivity index (χ0v) is 14.4. The molecule has 0 amide bonds. The maximum absolute atomic E-state index is 11.6. The van der Waals surface area contributed by atoms with Crippen LogP contribution in [-0.2, 0) is 9.84 Å². The molecule has 20 heavy (non-hydrogen) atoms. The van der Waals surface area contributed by atoms with Crippen molar-refractivity contribution >= 4 is 9.84 Å². The second-order valence-electron chi connectivity index (χ2n) is 6.12. The van der Waals surface area contributed by atoms with Crippen molar-refractivity contribution in [3.05, 3.63) is 0 Å². The van der Waals surface area contributed by atoms with Gasteiger partial charge in [0.05, 0.1) is 5.75 Å². The van der Waals surface area contributed by atoms with E-state index in [9.17, 15) is 8.42 Å². The summed E-state index contributed by atoms with van der Waals surface area (Å²) in [5.74, 6) is 0.579. The highest BCUT2D eigenvalue weighted by molar-refractivity contribution is 7.91. The van der Waals surface area contributed by atoms with Crippen LogP contribution in [0.5, 0.6) is 0 Å².